The Hall–Kier alpha value is -3.74. The van der Waals surface area contributed by atoms with Crippen LogP contribution in [0.25, 0.3) is 0 Å². The van der Waals surface area contributed by atoms with Crippen LogP contribution in [0, 0.1) is 0 Å². The number of carbonyl (C=O) groups excluding carboxylic acids is 1. The molecule has 3 heterocycles. The summed E-state index contributed by atoms with van der Waals surface area (Å²) < 4.78 is 5.25. The fourth-order valence-electron chi connectivity index (χ4n) is 3.39. The molecule has 2 aliphatic heterocycles. The molecule has 0 unspecified atom stereocenters. The second kappa shape index (κ2) is 5.91. The van der Waals surface area contributed by atoms with Crippen LogP contribution in [0.15, 0.2) is 60.0 Å². The Balaban J connectivity index is 1.55. The van der Waals surface area contributed by atoms with E-state index in [0.717, 1.165) is 34.2 Å². The molecule has 0 N–H and O–H groups in total. The molecule has 2 aliphatic rings. The fourth-order valence-corrected chi connectivity index (χ4v) is 3.39. The number of hydrogen-bond donors (Lipinski definition) is 0. The van der Waals surface area contributed by atoms with Crippen molar-refractivity contribution in [1.82, 2.24) is 9.97 Å². The molecule has 1 amide bonds. The standard InChI is InChI=1S/C20H15N5O2/c1-27-16-6-4-14(5-7-16)24-12-25(19-18(24)10-21-11-23-19)15-3-2-13-9-22-20(26)17(13)8-15/h2-11H,12H2,1H3. The summed E-state index contributed by atoms with van der Waals surface area (Å²) in [5.41, 5.74) is 4.27. The number of anilines is 4. The summed E-state index contributed by atoms with van der Waals surface area (Å²) in [7, 11) is 1.65. The Bertz CT molecular complexity index is 1080. The summed E-state index contributed by atoms with van der Waals surface area (Å²) in [6.45, 7) is 0.564. The third-order valence-electron chi connectivity index (χ3n) is 4.79. The van der Waals surface area contributed by atoms with Gasteiger partial charge >= 0.3 is 0 Å². The van der Waals surface area contributed by atoms with Crippen LogP contribution in [-0.2, 0) is 0 Å². The topological polar surface area (TPSA) is 70.9 Å². The van der Waals surface area contributed by atoms with Crippen molar-refractivity contribution in [3.8, 4) is 5.75 Å². The predicted molar refractivity (Wildman–Crippen MR) is 103 cm³/mol. The zero-order valence-corrected chi connectivity index (χ0v) is 14.5. The first-order chi connectivity index (χ1) is 13.2. The first-order valence-electron chi connectivity index (χ1n) is 8.46. The molecule has 2 aromatic carbocycles. The van der Waals surface area contributed by atoms with Gasteiger partial charge in [0.2, 0.25) is 0 Å². The van der Waals surface area contributed by atoms with Crippen molar-refractivity contribution in [2.45, 2.75) is 0 Å². The molecule has 27 heavy (non-hydrogen) atoms. The SMILES string of the molecule is COc1ccc(N2CN(c3ccc4c(c3)C(=O)N=C4)c3ncncc32)cc1. The average molecular weight is 357 g/mol. The summed E-state index contributed by atoms with van der Waals surface area (Å²) in [6.07, 6.45) is 4.93. The number of rotatable bonds is 3. The van der Waals surface area contributed by atoms with Crippen LogP contribution in [0.4, 0.5) is 22.9 Å². The highest BCUT2D eigenvalue weighted by molar-refractivity contribution is 6.13. The molecule has 7 heteroatoms. The summed E-state index contributed by atoms with van der Waals surface area (Å²) in [5, 5.41) is 0. The van der Waals surface area contributed by atoms with Crippen molar-refractivity contribution in [3.63, 3.8) is 0 Å². The second-order valence-electron chi connectivity index (χ2n) is 6.26. The number of fused-ring (bicyclic) bond motifs is 2. The molecule has 5 rings (SSSR count). The molecule has 0 bridgehead atoms. The lowest BCUT2D eigenvalue weighted by Crippen LogP contribution is -2.24. The molecule has 0 saturated heterocycles. The van der Waals surface area contributed by atoms with Crippen molar-refractivity contribution in [2.75, 3.05) is 23.6 Å². The summed E-state index contributed by atoms with van der Waals surface area (Å²) >= 11 is 0. The van der Waals surface area contributed by atoms with E-state index in [2.05, 4.69) is 24.8 Å². The minimum Gasteiger partial charge on any atom is -0.497 e. The Kier molecular flexibility index (Phi) is 3.39. The van der Waals surface area contributed by atoms with Gasteiger partial charge < -0.3 is 14.5 Å². The first-order valence-corrected chi connectivity index (χ1v) is 8.46. The second-order valence-corrected chi connectivity index (χ2v) is 6.26. The maximum absolute atomic E-state index is 12.0. The highest BCUT2D eigenvalue weighted by atomic mass is 16.5. The molecule has 0 saturated carbocycles. The van der Waals surface area contributed by atoms with Crippen molar-refractivity contribution in [1.29, 1.82) is 0 Å². The summed E-state index contributed by atoms with van der Waals surface area (Å²) in [6, 6.07) is 13.6. The highest BCUT2D eigenvalue weighted by Crippen LogP contribution is 2.42. The largest absolute Gasteiger partial charge is 0.497 e. The Morgan fingerprint density at radius 3 is 2.67 bits per heavy atom. The van der Waals surface area contributed by atoms with E-state index >= 15 is 0 Å². The van der Waals surface area contributed by atoms with E-state index in [9.17, 15) is 4.79 Å². The molecule has 3 aromatic rings. The smallest absolute Gasteiger partial charge is 0.277 e. The van der Waals surface area contributed by atoms with Crippen LogP contribution in [0.1, 0.15) is 15.9 Å². The Morgan fingerprint density at radius 1 is 1.04 bits per heavy atom. The third kappa shape index (κ3) is 2.43. The van der Waals surface area contributed by atoms with Crippen molar-refractivity contribution in [2.24, 2.45) is 4.99 Å². The number of benzene rings is 2. The Morgan fingerprint density at radius 2 is 1.85 bits per heavy atom. The van der Waals surface area contributed by atoms with Crippen molar-refractivity contribution < 1.29 is 9.53 Å². The zero-order chi connectivity index (χ0) is 18.4. The van der Waals surface area contributed by atoms with Gasteiger partial charge in [0.05, 0.1) is 18.9 Å². The van der Waals surface area contributed by atoms with Gasteiger partial charge in [0.1, 0.15) is 24.4 Å². The summed E-state index contributed by atoms with van der Waals surface area (Å²) in [4.78, 5) is 28.7. The van der Waals surface area contributed by atoms with E-state index in [0.29, 0.717) is 12.2 Å². The number of ether oxygens (including phenoxy) is 1. The van der Waals surface area contributed by atoms with Crippen LogP contribution in [0.3, 0.4) is 0 Å². The average Bonchev–Trinajstić information content (AvgIpc) is 3.29. The normalized spacial score (nSPS) is 14.5. The number of hydrogen-bond acceptors (Lipinski definition) is 6. The van der Waals surface area contributed by atoms with Crippen LogP contribution < -0.4 is 14.5 Å². The van der Waals surface area contributed by atoms with Gasteiger partial charge in [-0.1, -0.05) is 6.07 Å². The Labute approximate surface area is 155 Å². The minimum absolute atomic E-state index is 0.207. The van der Waals surface area contributed by atoms with Crippen LogP contribution in [0.5, 0.6) is 5.75 Å². The van der Waals surface area contributed by atoms with Crippen molar-refractivity contribution >= 4 is 35.0 Å². The lowest BCUT2D eigenvalue weighted by atomic mass is 10.1. The maximum atomic E-state index is 12.0. The minimum atomic E-state index is -0.207. The third-order valence-corrected chi connectivity index (χ3v) is 4.79. The van der Waals surface area contributed by atoms with Crippen LogP contribution in [0.2, 0.25) is 0 Å². The lowest BCUT2D eigenvalue weighted by Gasteiger charge is -2.22. The van der Waals surface area contributed by atoms with Gasteiger partial charge in [-0.25, -0.2) is 15.0 Å². The first kappa shape index (κ1) is 15.5. The lowest BCUT2D eigenvalue weighted by molar-refractivity contribution is 0.101. The van der Waals surface area contributed by atoms with Gasteiger partial charge in [-0.15, -0.1) is 0 Å². The van der Waals surface area contributed by atoms with E-state index in [1.54, 1.807) is 19.5 Å². The quantitative estimate of drug-likeness (QED) is 0.716. The van der Waals surface area contributed by atoms with Crippen molar-refractivity contribution in [3.05, 3.63) is 66.1 Å². The molecule has 0 aliphatic carbocycles. The number of aromatic nitrogens is 2. The van der Waals surface area contributed by atoms with Crippen LogP contribution in [-0.4, -0.2) is 35.9 Å². The van der Waals surface area contributed by atoms with Crippen LogP contribution >= 0.6 is 0 Å². The number of amides is 1. The molecular formula is C20H15N5O2. The zero-order valence-electron chi connectivity index (χ0n) is 14.5. The molecule has 0 spiro atoms. The van der Waals surface area contributed by atoms with Gasteiger partial charge in [-0.3, -0.25) is 4.79 Å². The van der Waals surface area contributed by atoms with E-state index < -0.39 is 0 Å². The van der Waals surface area contributed by atoms with E-state index in [4.69, 9.17) is 4.74 Å². The fraction of sp³-hybridized carbons (Fsp3) is 0.100. The molecular weight excluding hydrogens is 342 g/mol. The van der Waals surface area contributed by atoms with E-state index in [1.165, 1.54) is 6.33 Å². The predicted octanol–water partition coefficient (Wildman–Crippen LogP) is 3.31. The van der Waals surface area contributed by atoms with Gasteiger partial charge in [-0.2, -0.15) is 0 Å². The van der Waals surface area contributed by atoms with Gasteiger partial charge in [0.15, 0.2) is 5.82 Å². The molecule has 7 nitrogen and oxygen atoms in total. The van der Waals surface area contributed by atoms with Gasteiger partial charge in [0, 0.05) is 23.2 Å². The van der Waals surface area contributed by atoms with E-state index in [-0.39, 0.29) is 5.91 Å². The number of aliphatic imine (C=N–C) groups is 1. The molecule has 0 radical (unpaired) electrons. The molecule has 1 aromatic heterocycles. The van der Waals surface area contributed by atoms with Gasteiger partial charge in [0.25, 0.3) is 5.91 Å². The highest BCUT2D eigenvalue weighted by Gasteiger charge is 2.30. The van der Waals surface area contributed by atoms with Gasteiger partial charge in [-0.05, 0) is 36.4 Å². The maximum Gasteiger partial charge on any atom is 0.277 e. The number of carbonyl (C=O) groups is 1. The molecule has 132 valence electrons. The molecule has 0 fully saturated rings. The summed E-state index contributed by atoms with van der Waals surface area (Å²) in [5.74, 6) is 1.39. The van der Waals surface area contributed by atoms with E-state index in [1.807, 2.05) is 42.5 Å². The number of methoxy groups -OCH3 is 1. The monoisotopic (exact) mass is 357 g/mol. The number of nitrogens with zero attached hydrogens (tertiary/aromatic N) is 5. The molecule has 0 atom stereocenters.